The molecule has 0 bridgehead atoms. The molecule has 0 unspecified atom stereocenters. The Kier molecular flexibility index (Phi) is 9.26. The van der Waals surface area contributed by atoms with Gasteiger partial charge in [0.1, 0.15) is 17.2 Å². The number of nitro groups is 1. The Hall–Kier alpha value is -4.69. The molecule has 4 aromatic carbocycles. The maximum Gasteiger partial charge on any atom is 0.311 e. The number of carbonyl (C=O) groups excluding carboxylic acids is 1. The summed E-state index contributed by atoms with van der Waals surface area (Å²) in [6, 6.07) is 27.4. The van der Waals surface area contributed by atoms with E-state index in [0.717, 1.165) is 39.3 Å². The fraction of sp³-hybridized carbons (Fsp3) is 0.194. The first kappa shape index (κ1) is 27.3. The van der Waals surface area contributed by atoms with Crippen LogP contribution >= 0.6 is 0 Å². The number of ether oxygens (including phenoxy) is 4. The topological polar surface area (TPSA) is 97.1 Å². The number of carbonyl (C=O) groups is 1. The SMILES string of the molecule is COc1ccc(-c2cccc(COCCCC(=O)Oc3ccc([N+](=O)[O-])cc3)c2-c2ccc(OC)cc2)cc1. The van der Waals surface area contributed by atoms with Crippen LogP contribution in [0.5, 0.6) is 17.2 Å². The van der Waals surface area contributed by atoms with E-state index in [4.69, 9.17) is 18.9 Å². The number of nitrogens with zero attached hydrogens (tertiary/aromatic N) is 1. The Morgan fingerprint density at radius 2 is 1.36 bits per heavy atom. The molecule has 0 amide bonds. The summed E-state index contributed by atoms with van der Waals surface area (Å²) in [5.41, 5.74) is 5.17. The Morgan fingerprint density at radius 1 is 0.769 bits per heavy atom. The smallest absolute Gasteiger partial charge is 0.311 e. The zero-order valence-corrected chi connectivity index (χ0v) is 21.8. The fourth-order valence-electron chi connectivity index (χ4n) is 4.15. The summed E-state index contributed by atoms with van der Waals surface area (Å²) in [4.78, 5) is 22.4. The van der Waals surface area contributed by atoms with Crippen molar-refractivity contribution in [2.45, 2.75) is 19.4 Å². The second-order valence-corrected chi connectivity index (χ2v) is 8.68. The van der Waals surface area contributed by atoms with Gasteiger partial charge in [0.25, 0.3) is 5.69 Å². The Morgan fingerprint density at radius 3 is 1.95 bits per heavy atom. The molecule has 0 radical (unpaired) electrons. The van der Waals surface area contributed by atoms with Crippen LogP contribution in [0.1, 0.15) is 18.4 Å². The quantitative estimate of drug-likeness (QED) is 0.0653. The van der Waals surface area contributed by atoms with Crippen molar-refractivity contribution in [2.24, 2.45) is 0 Å². The molecule has 0 aliphatic carbocycles. The number of nitro benzene ring substituents is 1. The minimum atomic E-state index is -0.504. The van der Waals surface area contributed by atoms with E-state index in [1.165, 1.54) is 24.3 Å². The predicted octanol–water partition coefficient (Wildman–Crippen LogP) is 6.85. The van der Waals surface area contributed by atoms with Gasteiger partial charge in [0.15, 0.2) is 0 Å². The van der Waals surface area contributed by atoms with Gasteiger partial charge < -0.3 is 18.9 Å². The van der Waals surface area contributed by atoms with Gasteiger partial charge in [0.05, 0.1) is 25.7 Å². The van der Waals surface area contributed by atoms with Gasteiger partial charge in [-0.2, -0.15) is 0 Å². The second-order valence-electron chi connectivity index (χ2n) is 8.68. The number of esters is 1. The van der Waals surface area contributed by atoms with Gasteiger partial charge in [-0.3, -0.25) is 14.9 Å². The van der Waals surface area contributed by atoms with E-state index in [-0.39, 0.29) is 17.9 Å². The highest BCUT2D eigenvalue weighted by molar-refractivity contribution is 5.86. The summed E-state index contributed by atoms with van der Waals surface area (Å²) in [5.74, 6) is 1.41. The molecular formula is C31H29NO7. The summed E-state index contributed by atoms with van der Waals surface area (Å²) in [5, 5.41) is 10.8. The van der Waals surface area contributed by atoms with Crippen LogP contribution in [0.25, 0.3) is 22.3 Å². The van der Waals surface area contributed by atoms with Crippen molar-refractivity contribution in [2.75, 3.05) is 20.8 Å². The molecule has 0 aliphatic heterocycles. The summed E-state index contributed by atoms with van der Waals surface area (Å²) >= 11 is 0. The molecule has 0 saturated heterocycles. The molecule has 0 atom stereocenters. The molecule has 4 aromatic rings. The van der Waals surface area contributed by atoms with Crippen LogP contribution in [0, 0.1) is 10.1 Å². The van der Waals surface area contributed by atoms with Gasteiger partial charge >= 0.3 is 5.97 Å². The maximum absolute atomic E-state index is 12.2. The predicted molar refractivity (Wildman–Crippen MR) is 148 cm³/mol. The Balaban J connectivity index is 1.42. The first-order valence-electron chi connectivity index (χ1n) is 12.4. The van der Waals surface area contributed by atoms with Gasteiger partial charge in [0, 0.05) is 25.2 Å². The van der Waals surface area contributed by atoms with Crippen LogP contribution in [0.2, 0.25) is 0 Å². The van der Waals surface area contributed by atoms with Crippen molar-refractivity contribution in [1.29, 1.82) is 0 Å². The van der Waals surface area contributed by atoms with Crippen molar-refractivity contribution in [3.8, 4) is 39.5 Å². The molecule has 0 heterocycles. The molecule has 4 rings (SSSR count). The average molecular weight is 528 g/mol. The maximum atomic E-state index is 12.2. The minimum Gasteiger partial charge on any atom is -0.497 e. The molecule has 0 spiro atoms. The van der Waals surface area contributed by atoms with Gasteiger partial charge in [-0.15, -0.1) is 0 Å². The molecule has 8 heteroatoms. The lowest BCUT2D eigenvalue weighted by Crippen LogP contribution is -2.09. The van der Waals surface area contributed by atoms with Crippen LogP contribution in [0.4, 0.5) is 5.69 Å². The van der Waals surface area contributed by atoms with Gasteiger partial charge in [-0.05, 0) is 70.6 Å². The monoisotopic (exact) mass is 527 g/mol. The summed E-state index contributed by atoms with van der Waals surface area (Å²) in [6.45, 7) is 0.729. The van der Waals surface area contributed by atoms with Crippen molar-refractivity contribution in [1.82, 2.24) is 0 Å². The highest BCUT2D eigenvalue weighted by atomic mass is 16.6. The molecular weight excluding hydrogens is 498 g/mol. The molecule has 8 nitrogen and oxygen atoms in total. The number of methoxy groups -OCH3 is 2. The molecule has 0 aromatic heterocycles. The van der Waals surface area contributed by atoms with Crippen LogP contribution in [0.15, 0.2) is 91.0 Å². The largest absolute Gasteiger partial charge is 0.497 e. The van der Waals surface area contributed by atoms with Crippen molar-refractivity contribution < 1.29 is 28.7 Å². The van der Waals surface area contributed by atoms with Crippen LogP contribution < -0.4 is 14.2 Å². The molecule has 39 heavy (non-hydrogen) atoms. The first-order valence-corrected chi connectivity index (χ1v) is 12.4. The third-order valence-corrected chi connectivity index (χ3v) is 6.14. The van der Waals surface area contributed by atoms with E-state index in [1.54, 1.807) is 14.2 Å². The van der Waals surface area contributed by atoms with E-state index in [1.807, 2.05) is 60.7 Å². The first-order chi connectivity index (χ1) is 19.0. The molecule has 0 N–H and O–H groups in total. The zero-order chi connectivity index (χ0) is 27.6. The normalized spacial score (nSPS) is 10.6. The van der Waals surface area contributed by atoms with Crippen LogP contribution in [-0.2, 0) is 16.1 Å². The molecule has 0 fully saturated rings. The highest BCUT2D eigenvalue weighted by Gasteiger charge is 2.14. The van der Waals surface area contributed by atoms with Crippen molar-refractivity contribution >= 4 is 11.7 Å². The average Bonchev–Trinajstić information content (AvgIpc) is 2.97. The standard InChI is InChI=1S/C31H29NO7/c1-36-26-14-8-22(9-15-26)29-6-3-5-24(31(29)23-10-16-27(37-2)17-11-23)21-38-20-4-7-30(33)39-28-18-12-25(13-19-28)32(34)35/h3,5-6,8-19H,4,7,20-21H2,1-2H3. The summed E-state index contributed by atoms with van der Waals surface area (Å²) in [7, 11) is 3.28. The Labute approximate surface area is 226 Å². The molecule has 0 saturated carbocycles. The lowest BCUT2D eigenvalue weighted by molar-refractivity contribution is -0.384. The number of hydrogen-bond acceptors (Lipinski definition) is 7. The van der Waals surface area contributed by atoms with Gasteiger partial charge in [-0.25, -0.2) is 0 Å². The van der Waals surface area contributed by atoms with Crippen LogP contribution in [-0.4, -0.2) is 31.7 Å². The third-order valence-electron chi connectivity index (χ3n) is 6.14. The number of rotatable bonds is 12. The van der Waals surface area contributed by atoms with E-state index in [2.05, 4.69) is 6.07 Å². The van der Waals surface area contributed by atoms with Crippen molar-refractivity contribution in [3.05, 3.63) is 107 Å². The van der Waals surface area contributed by atoms with Gasteiger partial charge in [0.2, 0.25) is 0 Å². The Bertz CT molecular complexity index is 1400. The second kappa shape index (κ2) is 13.2. The lowest BCUT2D eigenvalue weighted by Gasteiger charge is -2.17. The molecule has 200 valence electrons. The van der Waals surface area contributed by atoms with E-state index < -0.39 is 10.9 Å². The number of non-ortho nitro benzene ring substituents is 1. The van der Waals surface area contributed by atoms with E-state index in [9.17, 15) is 14.9 Å². The highest BCUT2D eigenvalue weighted by Crippen LogP contribution is 2.37. The van der Waals surface area contributed by atoms with Crippen molar-refractivity contribution in [3.63, 3.8) is 0 Å². The lowest BCUT2D eigenvalue weighted by atomic mass is 9.90. The fourth-order valence-corrected chi connectivity index (χ4v) is 4.15. The number of hydrogen-bond donors (Lipinski definition) is 0. The number of benzene rings is 4. The van der Waals surface area contributed by atoms with E-state index >= 15 is 0 Å². The molecule has 0 aliphatic rings. The summed E-state index contributed by atoms with van der Waals surface area (Å²) < 4.78 is 21.9. The zero-order valence-electron chi connectivity index (χ0n) is 21.8. The minimum absolute atomic E-state index is 0.0618. The van der Waals surface area contributed by atoms with E-state index in [0.29, 0.717) is 19.6 Å². The van der Waals surface area contributed by atoms with Crippen LogP contribution in [0.3, 0.4) is 0 Å². The third kappa shape index (κ3) is 7.21. The van der Waals surface area contributed by atoms with Gasteiger partial charge in [-0.1, -0.05) is 42.5 Å². The summed E-state index contributed by atoms with van der Waals surface area (Å²) in [6.07, 6.45) is 0.635.